The summed E-state index contributed by atoms with van der Waals surface area (Å²) >= 11 is 6.15. The van der Waals surface area contributed by atoms with Crippen molar-refractivity contribution in [2.75, 3.05) is 32.0 Å². The largest absolute Gasteiger partial charge is 0.493 e. The number of carbonyl (C=O) groups excluding carboxylic acids is 2. The van der Waals surface area contributed by atoms with E-state index in [1.165, 1.54) is 28.3 Å². The fraction of sp³-hybridized carbons (Fsp3) is 0.263. The van der Waals surface area contributed by atoms with Crippen molar-refractivity contribution in [2.24, 2.45) is 0 Å². The molecule has 2 aromatic rings. The first-order valence-electron chi connectivity index (χ1n) is 8.29. The van der Waals surface area contributed by atoms with E-state index in [2.05, 4.69) is 16.0 Å². The highest BCUT2D eigenvalue weighted by Crippen LogP contribution is 2.39. The maximum atomic E-state index is 12.2. The Hall–Kier alpha value is -3.13. The Bertz CT molecular complexity index is 873. The van der Waals surface area contributed by atoms with E-state index in [1.807, 2.05) is 0 Å². The lowest BCUT2D eigenvalue weighted by atomic mass is 10.1. The number of ether oxygens (including phenoxy) is 3. The van der Waals surface area contributed by atoms with Crippen LogP contribution in [0.2, 0.25) is 5.02 Å². The predicted octanol–water partition coefficient (Wildman–Crippen LogP) is 3.65. The third-order valence-electron chi connectivity index (χ3n) is 3.76. The van der Waals surface area contributed by atoms with Crippen LogP contribution in [-0.4, -0.2) is 33.3 Å². The highest BCUT2D eigenvalue weighted by atomic mass is 35.5. The summed E-state index contributed by atoms with van der Waals surface area (Å²) in [4.78, 5) is 23.3. The first-order chi connectivity index (χ1) is 13.4. The second-order valence-electron chi connectivity index (χ2n) is 5.68. The molecule has 0 aliphatic carbocycles. The molecule has 0 aromatic heterocycles. The van der Waals surface area contributed by atoms with Crippen molar-refractivity contribution in [3.05, 3.63) is 40.9 Å². The first-order valence-corrected chi connectivity index (χ1v) is 8.67. The van der Waals surface area contributed by atoms with Gasteiger partial charge in [-0.3, -0.25) is 4.79 Å². The van der Waals surface area contributed by atoms with Crippen molar-refractivity contribution in [1.29, 1.82) is 0 Å². The van der Waals surface area contributed by atoms with Gasteiger partial charge in [0.2, 0.25) is 11.7 Å². The van der Waals surface area contributed by atoms with E-state index in [0.29, 0.717) is 39.2 Å². The standard InChI is InChI=1S/C19H22ClN3O5/c1-11(24)22-13-6-7-15(14(20)9-13)23-19(25)21-10-12-5-8-16(26-2)18(28-4)17(12)27-3/h5-9H,10H2,1-4H3,(H,22,24)(H2,21,23,25). The fourth-order valence-corrected chi connectivity index (χ4v) is 2.77. The van der Waals surface area contributed by atoms with E-state index in [9.17, 15) is 9.59 Å². The number of methoxy groups -OCH3 is 3. The van der Waals surface area contributed by atoms with Crippen molar-refractivity contribution < 1.29 is 23.8 Å². The lowest BCUT2D eigenvalue weighted by Gasteiger charge is -2.16. The molecular weight excluding hydrogens is 386 g/mol. The topological polar surface area (TPSA) is 97.9 Å². The minimum atomic E-state index is -0.453. The number of rotatable bonds is 7. The molecule has 0 aliphatic heterocycles. The molecule has 9 heteroatoms. The monoisotopic (exact) mass is 407 g/mol. The molecule has 0 saturated carbocycles. The summed E-state index contributed by atoms with van der Waals surface area (Å²) in [7, 11) is 4.55. The summed E-state index contributed by atoms with van der Waals surface area (Å²) in [6.07, 6.45) is 0. The van der Waals surface area contributed by atoms with E-state index < -0.39 is 6.03 Å². The van der Waals surface area contributed by atoms with Gasteiger partial charge < -0.3 is 30.2 Å². The Balaban J connectivity index is 2.06. The average molecular weight is 408 g/mol. The summed E-state index contributed by atoms with van der Waals surface area (Å²) in [5.74, 6) is 1.23. The molecule has 0 unspecified atom stereocenters. The molecule has 3 N–H and O–H groups in total. The van der Waals surface area contributed by atoms with Crippen molar-refractivity contribution in [3.8, 4) is 17.2 Å². The van der Waals surface area contributed by atoms with Crippen LogP contribution in [0.4, 0.5) is 16.2 Å². The summed E-state index contributed by atoms with van der Waals surface area (Å²) < 4.78 is 16.0. The number of carbonyl (C=O) groups is 2. The minimum absolute atomic E-state index is 0.191. The molecule has 0 heterocycles. The SMILES string of the molecule is COc1ccc(CNC(=O)Nc2ccc(NC(C)=O)cc2Cl)c(OC)c1OC. The van der Waals surface area contributed by atoms with E-state index >= 15 is 0 Å². The molecule has 0 bridgehead atoms. The van der Waals surface area contributed by atoms with Gasteiger partial charge >= 0.3 is 6.03 Å². The van der Waals surface area contributed by atoms with Crippen LogP contribution in [0.5, 0.6) is 17.2 Å². The zero-order chi connectivity index (χ0) is 20.7. The van der Waals surface area contributed by atoms with Gasteiger partial charge in [-0.05, 0) is 30.3 Å². The molecule has 28 heavy (non-hydrogen) atoms. The van der Waals surface area contributed by atoms with Crippen LogP contribution in [0.25, 0.3) is 0 Å². The van der Waals surface area contributed by atoms with Crippen LogP contribution in [0.15, 0.2) is 30.3 Å². The summed E-state index contributed by atoms with van der Waals surface area (Å²) in [5, 5.41) is 8.30. The Morgan fingerprint density at radius 1 is 0.964 bits per heavy atom. The second kappa shape index (κ2) is 9.70. The third kappa shape index (κ3) is 5.20. The third-order valence-corrected chi connectivity index (χ3v) is 4.08. The number of hydrogen-bond acceptors (Lipinski definition) is 5. The maximum absolute atomic E-state index is 12.2. The van der Waals surface area contributed by atoms with Crippen LogP contribution >= 0.6 is 11.6 Å². The molecule has 2 aromatic carbocycles. The van der Waals surface area contributed by atoms with E-state index in [-0.39, 0.29) is 12.5 Å². The van der Waals surface area contributed by atoms with E-state index in [1.54, 1.807) is 30.3 Å². The fourth-order valence-electron chi connectivity index (χ4n) is 2.54. The van der Waals surface area contributed by atoms with Crippen molar-refractivity contribution in [3.63, 3.8) is 0 Å². The highest BCUT2D eigenvalue weighted by Gasteiger charge is 2.16. The zero-order valence-electron chi connectivity index (χ0n) is 16.0. The summed E-state index contributed by atoms with van der Waals surface area (Å²) in [5.41, 5.74) is 1.66. The van der Waals surface area contributed by atoms with Gasteiger partial charge in [0.1, 0.15) is 0 Å². The minimum Gasteiger partial charge on any atom is -0.493 e. The molecule has 3 amide bonds. The molecule has 0 aliphatic rings. The highest BCUT2D eigenvalue weighted by molar-refractivity contribution is 6.34. The Labute approximate surface area is 168 Å². The van der Waals surface area contributed by atoms with Gasteiger partial charge in [-0.15, -0.1) is 0 Å². The van der Waals surface area contributed by atoms with E-state index in [0.717, 1.165) is 0 Å². The Morgan fingerprint density at radius 3 is 2.25 bits per heavy atom. The van der Waals surface area contributed by atoms with Crippen molar-refractivity contribution in [1.82, 2.24) is 5.32 Å². The molecule has 0 radical (unpaired) electrons. The lowest BCUT2D eigenvalue weighted by molar-refractivity contribution is -0.114. The van der Waals surface area contributed by atoms with Crippen molar-refractivity contribution in [2.45, 2.75) is 13.5 Å². The van der Waals surface area contributed by atoms with Gasteiger partial charge in [0, 0.05) is 24.7 Å². The molecule has 2 rings (SSSR count). The normalized spacial score (nSPS) is 10.0. The number of amides is 3. The lowest BCUT2D eigenvalue weighted by Crippen LogP contribution is -2.28. The Kier molecular flexibility index (Phi) is 7.34. The predicted molar refractivity (Wildman–Crippen MR) is 108 cm³/mol. The van der Waals surface area contributed by atoms with Gasteiger partial charge in [-0.25, -0.2) is 4.79 Å². The zero-order valence-corrected chi connectivity index (χ0v) is 16.8. The average Bonchev–Trinajstić information content (AvgIpc) is 2.67. The van der Waals surface area contributed by atoms with Crippen molar-refractivity contribution >= 4 is 34.9 Å². The number of benzene rings is 2. The molecule has 0 atom stereocenters. The Morgan fingerprint density at radius 2 is 1.68 bits per heavy atom. The number of hydrogen-bond donors (Lipinski definition) is 3. The van der Waals surface area contributed by atoms with Crippen LogP contribution in [0.3, 0.4) is 0 Å². The smallest absolute Gasteiger partial charge is 0.319 e. The van der Waals surface area contributed by atoms with E-state index in [4.69, 9.17) is 25.8 Å². The van der Waals surface area contributed by atoms with Gasteiger partial charge in [-0.1, -0.05) is 11.6 Å². The summed E-state index contributed by atoms with van der Waals surface area (Å²) in [6, 6.07) is 7.84. The molecule has 0 spiro atoms. The number of urea groups is 1. The van der Waals surface area contributed by atoms with Crippen LogP contribution < -0.4 is 30.2 Å². The van der Waals surface area contributed by atoms with Crippen LogP contribution in [0.1, 0.15) is 12.5 Å². The molecular formula is C19H22ClN3O5. The molecule has 0 fully saturated rings. The first kappa shape index (κ1) is 21.2. The number of anilines is 2. The van der Waals surface area contributed by atoms with Gasteiger partial charge in [-0.2, -0.15) is 0 Å². The van der Waals surface area contributed by atoms with Gasteiger partial charge in [0.15, 0.2) is 11.5 Å². The molecule has 150 valence electrons. The van der Waals surface area contributed by atoms with Gasteiger partial charge in [0.25, 0.3) is 0 Å². The number of nitrogens with one attached hydrogen (secondary N) is 3. The molecule has 0 saturated heterocycles. The van der Waals surface area contributed by atoms with Gasteiger partial charge in [0.05, 0.1) is 32.0 Å². The van der Waals surface area contributed by atoms with Crippen LogP contribution in [-0.2, 0) is 11.3 Å². The summed E-state index contributed by atoms with van der Waals surface area (Å²) in [6.45, 7) is 1.59. The number of halogens is 1. The van der Waals surface area contributed by atoms with Crippen LogP contribution in [0, 0.1) is 0 Å². The second-order valence-corrected chi connectivity index (χ2v) is 6.08. The molecule has 8 nitrogen and oxygen atoms in total. The maximum Gasteiger partial charge on any atom is 0.319 e. The quantitative estimate of drug-likeness (QED) is 0.650.